The number of hydrogen-bond acceptors (Lipinski definition) is 6. The van der Waals surface area contributed by atoms with Gasteiger partial charge in [-0.25, -0.2) is 10.2 Å². The van der Waals surface area contributed by atoms with Gasteiger partial charge >= 0.3 is 5.97 Å². The van der Waals surface area contributed by atoms with Gasteiger partial charge in [-0.15, -0.1) is 15.7 Å². The predicted molar refractivity (Wildman–Crippen MR) is 73.8 cm³/mol. The van der Waals surface area contributed by atoms with Crippen molar-refractivity contribution in [3.05, 3.63) is 16.3 Å². The zero-order chi connectivity index (χ0) is 14.0. The Kier molecular flexibility index (Phi) is 4.13. The molecule has 3 N–H and O–H groups in total. The van der Waals surface area contributed by atoms with E-state index in [0.29, 0.717) is 0 Å². The van der Waals surface area contributed by atoms with Crippen LogP contribution in [0.25, 0.3) is 0 Å². The molecule has 1 saturated heterocycles. The summed E-state index contributed by atoms with van der Waals surface area (Å²) in [5.74, 6) is -1.27. The van der Waals surface area contributed by atoms with Gasteiger partial charge in [-0.3, -0.25) is 5.43 Å². The summed E-state index contributed by atoms with van der Waals surface area (Å²) in [7, 11) is -4.01. The molecule has 0 aliphatic carbocycles. The number of hydrazine groups is 1. The monoisotopic (exact) mass is 321 g/mol. The first-order valence-electron chi connectivity index (χ1n) is 5.28. The summed E-state index contributed by atoms with van der Waals surface area (Å²) >= 11 is 2.11. The molecule has 2 rings (SSSR count). The maximum atomic E-state index is 12.0. The number of amidine groups is 1. The molecule has 0 aromatic carbocycles. The smallest absolute Gasteiger partial charge is 0.347 e. The van der Waals surface area contributed by atoms with E-state index in [4.69, 9.17) is 5.11 Å². The number of rotatable bonds is 4. The molecule has 19 heavy (non-hydrogen) atoms. The maximum Gasteiger partial charge on any atom is 0.347 e. The molecule has 1 aromatic heterocycles. The first kappa shape index (κ1) is 14.3. The SMILES string of the molecule is CCC1NNC(=NS(=O)(=O)c2ccsc2C(=O)O)S1. The number of carbonyl (C=O) groups is 1. The van der Waals surface area contributed by atoms with Gasteiger partial charge in [-0.2, -0.15) is 8.42 Å². The zero-order valence-corrected chi connectivity index (χ0v) is 12.2. The Balaban J connectivity index is 2.31. The molecule has 0 radical (unpaired) electrons. The molecule has 0 bridgehead atoms. The lowest BCUT2D eigenvalue weighted by molar-refractivity contribution is 0.0698. The van der Waals surface area contributed by atoms with E-state index in [1.807, 2.05) is 6.92 Å². The van der Waals surface area contributed by atoms with E-state index < -0.39 is 16.0 Å². The topological polar surface area (TPSA) is 108 Å². The average Bonchev–Trinajstić information content (AvgIpc) is 2.95. The third kappa shape index (κ3) is 3.08. The number of carboxylic acids is 1. The van der Waals surface area contributed by atoms with Crippen molar-refractivity contribution in [2.45, 2.75) is 23.6 Å². The van der Waals surface area contributed by atoms with Gasteiger partial charge < -0.3 is 5.11 Å². The number of nitrogens with zero attached hydrogens (tertiary/aromatic N) is 1. The van der Waals surface area contributed by atoms with Gasteiger partial charge in [0.25, 0.3) is 10.0 Å². The summed E-state index contributed by atoms with van der Waals surface area (Å²) in [6, 6.07) is 1.25. The summed E-state index contributed by atoms with van der Waals surface area (Å²) in [6.07, 6.45) is 0.801. The van der Waals surface area contributed by atoms with Gasteiger partial charge in [0, 0.05) is 0 Å². The first-order valence-corrected chi connectivity index (χ1v) is 8.48. The second-order valence-electron chi connectivity index (χ2n) is 3.57. The lowest BCUT2D eigenvalue weighted by atomic mass is 10.5. The fraction of sp³-hybridized carbons (Fsp3) is 0.333. The lowest BCUT2D eigenvalue weighted by Gasteiger charge is -1.99. The fourth-order valence-electron chi connectivity index (χ4n) is 1.38. The Hall–Kier alpha value is -1.10. The highest BCUT2D eigenvalue weighted by Crippen LogP contribution is 2.25. The van der Waals surface area contributed by atoms with Gasteiger partial charge in [0.2, 0.25) is 0 Å². The number of thiophene rings is 1. The minimum absolute atomic E-state index is 0.0513. The second-order valence-corrected chi connectivity index (χ2v) is 7.25. The van der Waals surface area contributed by atoms with E-state index in [1.165, 1.54) is 23.2 Å². The summed E-state index contributed by atoms with van der Waals surface area (Å²) in [5, 5.41) is 10.6. The van der Waals surface area contributed by atoms with Gasteiger partial charge in [0.1, 0.15) is 9.77 Å². The molecule has 1 aliphatic heterocycles. The van der Waals surface area contributed by atoms with E-state index >= 15 is 0 Å². The van der Waals surface area contributed by atoms with Crippen LogP contribution in [0.15, 0.2) is 20.7 Å². The van der Waals surface area contributed by atoms with Crippen LogP contribution in [-0.2, 0) is 10.0 Å². The van der Waals surface area contributed by atoms with Crippen molar-refractivity contribution in [3.63, 3.8) is 0 Å². The number of hydrogen-bond donors (Lipinski definition) is 3. The molecule has 0 saturated carbocycles. The normalized spacial score (nSPS) is 21.5. The van der Waals surface area contributed by atoms with Crippen molar-refractivity contribution < 1.29 is 18.3 Å². The molecule has 104 valence electrons. The van der Waals surface area contributed by atoms with Crippen LogP contribution in [0, 0.1) is 0 Å². The molecule has 7 nitrogen and oxygen atoms in total. The van der Waals surface area contributed by atoms with Crippen LogP contribution in [0.2, 0.25) is 0 Å². The van der Waals surface area contributed by atoms with Crippen molar-refractivity contribution in [3.8, 4) is 0 Å². The minimum Gasteiger partial charge on any atom is -0.477 e. The zero-order valence-electron chi connectivity index (χ0n) is 9.78. The molecule has 2 heterocycles. The van der Waals surface area contributed by atoms with E-state index in [2.05, 4.69) is 15.2 Å². The Labute approximate surface area is 118 Å². The Morgan fingerprint density at radius 1 is 1.58 bits per heavy atom. The second kappa shape index (κ2) is 5.49. The van der Waals surface area contributed by atoms with E-state index in [0.717, 1.165) is 17.8 Å². The van der Waals surface area contributed by atoms with Crippen LogP contribution < -0.4 is 10.9 Å². The maximum absolute atomic E-state index is 12.0. The van der Waals surface area contributed by atoms with Crippen LogP contribution >= 0.6 is 23.1 Å². The molecular weight excluding hydrogens is 310 g/mol. The lowest BCUT2D eigenvalue weighted by Crippen LogP contribution is -2.31. The third-order valence-corrected chi connectivity index (χ3v) is 5.89. The van der Waals surface area contributed by atoms with E-state index in [-0.39, 0.29) is 20.3 Å². The predicted octanol–water partition coefficient (Wildman–Crippen LogP) is 1.07. The Morgan fingerprint density at radius 2 is 2.32 bits per heavy atom. The quantitative estimate of drug-likeness (QED) is 0.761. The van der Waals surface area contributed by atoms with Crippen LogP contribution in [0.3, 0.4) is 0 Å². The summed E-state index contributed by atoms with van der Waals surface area (Å²) < 4.78 is 27.7. The van der Waals surface area contributed by atoms with Gasteiger partial charge in [0.05, 0.1) is 5.37 Å². The Morgan fingerprint density at radius 3 is 2.89 bits per heavy atom. The van der Waals surface area contributed by atoms with E-state index in [1.54, 1.807) is 0 Å². The summed E-state index contributed by atoms with van der Waals surface area (Å²) in [5.41, 5.74) is 5.53. The fourth-order valence-corrected chi connectivity index (χ4v) is 4.61. The van der Waals surface area contributed by atoms with Gasteiger partial charge in [-0.05, 0) is 17.9 Å². The molecule has 0 amide bonds. The van der Waals surface area contributed by atoms with Gasteiger partial charge in [0.15, 0.2) is 5.17 Å². The van der Waals surface area contributed by atoms with E-state index in [9.17, 15) is 13.2 Å². The highest BCUT2D eigenvalue weighted by Gasteiger charge is 2.26. The highest BCUT2D eigenvalue weighted by molar-refractivity contribution is 8.15. The number of carboxylic acid groups (broad SMARTS) is 1. The molecule has 0 spiro atoms. The van der Waals surface area contributed by atoms with Crippen molar-refractivity contribution in [1.82, 2.24) is 10.9 Å². The van der Waals surface area contributed by atoms with Crippen LogP contribution in [-0.4, -0.2) is 30.0 Å². The van der Waals surface area contributed by atoms with Crippen molar-refractivity contribution in [1.29, 1.82) is 0 Å². The molecule has 1 atom stereocenters. The average molecular weight is 321 g/mol. The molecule has 10 heteroatoms. The first-order chi connectivity index (χ1) is 8.94. The van der Waals surface area contributed by atoms with Crippen molar-refractivity contribution >= 4 is 44.3 Å². The number of thioether (sulfide) groups is 1. The molecular formula is C9H11N3O4S3. The number of aromatic carboxylic acids is 1. The van der Waals surface area contributed by atoms with Crippen molar-refractivity contribution in [2.24, 2.45) is 4.40 Å². The van der Waals surface area contributed by atoms with Crippen LogP contribution in [0.4, 0.5) is 0 Å². The van der Waals surface area contributed by atoms with Crippen LogP contribution in [0.5, 0.6) is 0 Å². The standard InChI is InChI=1S/C9H11N3O4S3/c1-2-6-10-11-9(18-6)12-19(15,16)5-3-4-17-7(5)8(13)14/h3-4,6,10H,2H2,1H3,(H,11,12)(H,13,14). The minimum atomic E-state index is -4.01. The van der Waals surface area contributed by atoms with Crippen LogP contribution in [0.1, 0.15) is 23.0 Å². The Bertz CT molecular complexity index is 622. The molecule has 1 aromatic rings. The summed E-state index contributed by atoms with van der Waals surface area (Å²) in [6.45, 7) is 1.95. The van der Waals surface area contributed by atoms with Gasteiger partial charge in [-0.1, -0.05) is 18.7 Å². The molecule has 1 unspecified atom stereocenters. The third-order valence-electron chi connectivity index (χ3n) is 2.27. The van der Waals surface area contributed by atoms with Crippen molar-refractivity contribution in [2.75, 3.05) is 0 Å². The highest BCUT2D eigenvalue weighted by atomic mass is 32.2. The molecule has 1 fully saturated rings. The number of nitrogens with one attached hydrogen (secondary N) is 2. The number of sulfonamides is 1. The summed E-state index contributed by atoms with van der Waals surface area (Å²) in [4.78, 5) is 10.4. The largest absolute Gasteiger partial charge is 0.477 e. The molecule has 1 aliphatic rings.